The maximum atomic E-state index is 12.8. The normalized spacial score (nSPS) is 11.5. The first-order valence-corrected chi connectivity index (χ1v) is 10.9. The number of rotatable bonds is 5. The highest BCUT2D eigenvalue weighted by Gasteiger charge is 2.30. The minimum atomic E-state index is -4.39. The van der Waals surface area contributed by atoms with Gasteiger partial charge in [-0.05, 0) is 47.5 Å². The number of carbonyl (C=O) groups excluding carboxylic acids is 2. The Bertz CT molecular complexity index is 1400. The first-order valence-electron chi connectivity index (χ1n) is 10.5. The molecule has 2 amide bonds. The van der Waals surface area contributed by atoms with Crippen molar-refractivity contribution in [2.24, 2.45) is 0 Å². The Morgan fingerprint density at radius 3 is 2.17 bits per heavy atom. The molecule has 0 unspecified atom stereocenters. The molecule has 2 heterocycles. The van der Waals surface area contributed by atoms with Gasteiger partial charge in [0.2, 0.25) is 5.91 Å². The van der Waals surface area contributed by atoms with Crippen LogP contribution >= 0.6 is 11.6 Å². The molecule has 2 aromatic carbocycles. The summed E-state index contributed by atoms with van der Waals surface area (Å²) < 4.78 is 39.9. The molecule has 0 aliphatic heterocycles. The molecule has 4 aromatic rings. The standard InChI is InChI=1S/C25H20ClF3N4O2/c1-15(34)32(2)14-21-23(26)33-13-20(11-12-22(33)31-21)30-24(35)18-5-3-16(4-6-18)17-7-9-19(10-8-17)25(27,28)29/h3-13H,14H2,1-2H3,(H,30,35). The zero-order valence-corrected chi connectivity index (χ0v) is 19.5. The van der Waals surface area contributed by atoms with Gasteiger partial charge in [0, 0.05) is 25.7 Å². The molecule has 1 N–H and O–H groups in total. The number of anilines is 1. The number of fused-ring (bicyclic) bond motifs is 1. The average Bonchev–Trinajstić information content (AvgIpc) is 3.13. The van der Waals surface area contributed by atoms with Gasteiger partial charge in [-0.1, -0.05) is 35.9 Å². The second kappa shape index (κ2) is 9.42. The van der Waals surface area contributed by atoms with Crippen molar-refractivity contribution in [2.45, 2.75) is 19.6 Å². The van der Waals surface area contributed by atoms with Gasteiger partial charge in [-0.15, -0.1) is 0 Å². The van der Waals surface area contributed by atoms with Crippen LogP contribution in [0.2, 0.25) is 5.15 Å². The Morgan fingerprint density at radius 1 is 1.00 bits per heavy atom. The fourth-order valence-electron chi connectivity index (χ4n) is 3.44. The Kier molecular flexibility index (Phi) is 6.53. The first kappa shape index (κ1) is 24.3. The van der Waals surface area contributed by atoms with E-state index in [9.17, 15) is 22.8 Å². The van der Waals surface area contributed by atoms with Crippen molar-refractivity contribution in [1.29, 1.82) is 0 Å². The molecular formula is C25H20ClF3N4O2. The van der Waals surface area contributed by atoms with Gasteiger partial charge >= 0.3 is 6.18 Å². The first-order chi connectivity index (χ1) is 16.5. The summed E-state index contributed by atoms with van der Waals surface area (Å²) in [5.74, 6) is -0.480. The quantitative estimate of drug-likeness (QED) is 0.371. The molecule has 0 aliphatic carbocycles. The third-order valence-electron chi connectivity index (χ3n) is 5.50. The molecular weight excluding hydrogens is 481 g/mol. The number of pyridine rings is 1. The van der Waals surface area contributed by atoms with Gasteiger partial charge in [0.05, 0.1) is 23.5 Å². The van der Waals surface area contributed by atoms with Crippen molar-refractivity contribution in [3.05, 3.63) is 88.8 Å². The molecule has 0 fully saturated rings. The summed E-state index contributed by atoms with van der Waals surface area (Å²) in [6.07, 6.45) is -2.76. The van der Waals surface area contributed by atoms with Crippen LogP contribution in [0.1, 0.15) is 28.5 Å². The van der Waals surface area contributed by atoms with E-state index in [0.717, 1.165) is 12.1 Å². The minimum absolute atomic E-state index is 0.115. The molecule has 0 spiro atoms. The second-order valence-electron chi connectivity index (χ2n) is 7.98. The average molecular weight is 501 g/mol. The summed E-state index contributed by atoms with van der Waals surface area (Å²) in [6, 6.07) is 14.8. The van der Waals surface area contributed by atoms with Crippen LogP contribution in [-0.2, 0) is 17.5 Å². The maximum Gasteiger partial charge on any atom is 0.416 e. The van der Waals surface area contributed by atoms with Crippen LogP contribution in [0, 0.1) is 0 Å². The molecule has 0 saturated carbocycles. The summed E-state index contributed by atoms with van der Waals surface area (Å²) in [5, 5.41) is 3.13. The molecule has 4 rings (SSSR count). The van der Waals surface area contributed by atoms with Crippen LogP contribution in [0.4, 0.5) is 18.9 Å². The zero-order chi connectivity index (χ0) is 25.3. The van der Waals surface area contributed by atoms with E-state index < -0.39 is 11.7 Å². The van der Waals surface area contributed by atoms with Crippen molar-refractivity contribution in [1.82, 2.24) is 14.3 Å². The van der Waals surface area contributed by atoms with Crippen LogP contribution in [0.5, 0.6) is 0 Å². The fraction of sp³-hybridized carbons (Fsp3) is 0.160. The third kappa shape index (κ3) is 5.30. The lowest BCUT2D eigenvalue weighted by atomic mass is 10.0. The summed E-state index contributed by atoms with van der Waals surface area (Å²) in [5.41, 5.74) is 2.54. The maximum absolute atomic E-state index is 12.8. The van der Waals surface area contributed by atoms with Crippen LogP contribution < -0.4 is 5.32 Å². The lowest BCUT2D eigenvalue weighted by molar-refractivity contribution is -0.137. The van der Waals surface area contributed by atoms with E-state index in [4.69, 9.17) is 11.6 Å². The molecule has 2 aromatic heterocycles. The van der Waals surface area contributed by atoms with E-state index in [1.807, 2.05) is 0 Å². The van der Waals surface area contributed by atoms with E-state index in [0.29, 0.717) is 38.9 Å². The molecule has 180 valence electrons. The molecule has 0 radical (unpaired) electrons. The van der Waals surface area contributed by atoms with Crippen molar-refractivity contribution in [3.63, 3.8) is 0 Å². The lowest BCUT2D eigenvalue weighted by Crippen LogP contribution is -2.23. The predicted octanol–water partition coefficient (Wildman–Crippen LogP) is 5.90. The van der Waals surface area contributed by atoms with E-state index in [-0.39, 0.29) is 18.4 Å². The molecule has 10 heteroatoms. The number of imidazole rings is 1. The van der Waals surface area contributed by atoms with E-state index >= 15 is 0 Å². The van der Waals surface area contributed by atoms with Crippen LogP contribution in [0.3, 0.4) is 0 Å². The van der Waals surface area contributed by atoms with Gasteiger partial charge in [0.25, 0.3) is 5.91 Å². The molecule has 0 bridgehead atoms. The third-order valence-corrected chi connectivity index (χ3v) is 5.90. The SMILES string of the molecule is CC(=O)N(C)Cc1nc2ccc(NC(=O)c3ccc(-c4ccc(C(F)(F)F)cc4)cc3)cn2c1Cl. The van der Waals surface area contributed by atoms with Crippen molar-refractivity contribution in [3.8, 4) is 11.1 Å². The summed E-state index contributed by atoms with van der Waals surface area (Å²) in [4.78, 5) is 30.1. The largest absolute Gasteiger partial charge is 0.416 e. The number of alkyl halides is 3. The van der Waals surface area contributed by atoms with Crippen LogP contribution in [0.25, 0.3) is 16.8 Å². The van der Waals surface area contributed by atoms with Crippen molar-refractivity contribution < 1.29 is 22.8 Å². The Balaban J connectivity index is 1.49. The predicted molar refractivity (Wildman–Crippen MR) is 127 cm³/mol. The lowest BCUT2D eigenvalue weighted by Gasteiger charge is -2.12. The van der Waals surface area contributed by atoms with Crippen LogP contribution in [0.15, 0.2) is 66.9 Å². The van der Waals surface area contributed by atoms with E-state index in [2.05, 4.69) is 10.3 Å². The second-order valence-corrected chi connectivity index (χ2v) is 8.33. The highest BCUT2D eigenvalue weighted by atomic mass is 35.5. The number of amides is 2. The minimum Gasteiger partial charge on any atom is -0.340 e. The van der Waals surface area contributed by atoms with Gasteiger partial charge in [-0.3, -0.25) is 14.0 Å². The number of carbonyl (C=O) groups is 2. The van der Waals surface area contributed by atoms with Gasteiger partial charge in [0.1, 0.15) is 10.8 Å². The molecule has 0 atom stereocenters. The van der Waals surface area contributed by atoms with Crippen molar-refractivity contribution in [2.75, 3.05) is 12.4 Å². The molecule has 0 aliphatic rings. The number of benzene rings is 2. The number of nitrogens with zero attached hydrogens (tertiary/aromatic N) is 3. The highest BCUT2D eigenvalue weighted by molar-refractivity contribution is 6.30. The van der Waals surface area contributed by atoms with Crippen LogP contribution in [-0.4, -0.2) is 33.1 Å². The van der Waals surface area contributed by atoms with Gasteiger partial charge in [-0.25, -0.2) is 4.98 Å². The number of halogens is 4. The Hall–Kier alpha value is -3.85. The molecule has 6 nitrogen and oxygen atoms in total. The van der Waals surface area contributed by atoms with Gasteiger partial charge in [-0.2, -0.15) is 13.2 Å². The number of hydrogen-bond donors (Lipinski definition) is 1. The highest BCUT2D eigenvalue weighted by Crippen LogP contribution is 2.31. The Labute approximate surface area is 204 Å². The summed E-state index contributed by atoms with van der Waals surface area (Å²) in [7, 11) is 1.65. The number of hydrogen-bond acceptors (Lipinski definition) is 3. The summed E-state index contributed by atoms with van der Waals surface area (Å²) >= 11 is 6.43. The topological polar surface area (TPSA) is 66.7 Å². The van der Waals surface area contributed by atoms with E-state index in [1.54, 1.807) is 54.0 Å². The Morgan fingerprint density at radius 2 is 1.60 bits per heavy atom. The number of aromatic nitrogens is 2. The monoisotopic (exact) mass is 500 g/mol. The van der Waals surface area contributed by atoms with Gasteiger partial charge < -0.3 is 10.2 Å². The van der Waals surface area contributed by atoms with Gasteiger partial charge in [0.15, 0.2) is 0 Å². The van der Waals surface area contributed by atoms with E-state index in [1.165, 1.54) is 24.0 Å². The fourth-order valence-corrected chi connectivity index (χ4v) is 3.68. The molecule has 35 heavy (non-hydrogen) atoms. The molecule has 0 saturated heterocycles. The summed E-state index contributed by atoms with van der Waals surface area (Å²) in [6.45, 7) is 1.70. The smallest absolute Gasteiger partial charge is 0.340 e. The van der Waals surface area contributed by atoms with Crippen molar-refractivity contribution >= 4 is 34.7 Å². The number of nitrogens with one attached hydrogen (secondary N) is 1. The zero-order valence-electron chi connectivity index (χ0n) is 18.7.